The number of nitrogen functional groups attached to an aromatic ring is 1. The summed E-state index contributed by atoms with van der Waals surface area (Å²) >= 11 is -0.234. The summed E-state index contributed by atoms with van der Waals surface area (Å²) in [4.78, 5) is 11.7. The number of hydrogen-bond acceptors (Lipinski definition) is 5. The standard InChI is InChI=1S/C21H19F3N4O2S/c1-26-19(29)13-7-8-16(18(12-13)30-2)27-9-3-5-14-11-17-15(25)6-4-10-28(17)20(14)31-21(22,23)24/h4,6-8,10-12,27H,9,25H2,1-2H3,(H,26,29). The highest BCUT2D eigenvalue weighted by atomic mass is 32.2. The van der Waals surface area contributed by atoms with Crippen LogP contribution in [0, 0.1) is 11.8 Å². The topological polar surface area (TPSA) is 80.8 Å². The zero-order valence-electron chi connectivity index (χ0n) is 16.6. The van der Waals surface area contributed by atoms with E-state index in [4.69, 9.17) is 10.5 Å². The number of alkyl halides is 3. The lowest BCUT2D eigenvalue weighted by atomic mass is 10.1. The van der Waals surface area contributed by atoms with Crippen molar-refractivity contribution in [3.05, 3.63) is 53.7 Å². The Bertz CT molecular complexity index is 1180. The Kier molecular flexibility index (Phi) is 6.56. The Labute approximate surface area is 180 Å². The number of methoxy groups -OCH3 is 1. The fourth-order valence-electron chi connectivity index (χ4n) is 2.90. The van der Waals surface area contributed by atoms with E-state index < -0.39 is 5.51 Å². The van der Waals surface area contributed by atoms with Gasteiger partial charge in [-0.1, -0.05) is 11.8 Å². The predicted molar refractivity (Wildman–Crippen MR) is 115 cm³/mol. The van der Waals surface area contributed by atoms with Crippen molar-refractivity contribution in [3.63, 3.8) is 0 Å². The van der Waals surface area contributed by atoms with Crippen LogP contribution in [0.25, 0.3) is 5.52 Å². The molecular weight excluding hydrogens is 429 g/mol. The molecule has 0 unspecified atom stereocenters. The molecule has 0 saturated carbocycles. The molecule has 0 aliphatic heterocycles. The Balaban J connectivity index is 1.84. The van der Waals surface area contributed by atoms with Crippen LogP contribution in [0.5, 0.6) is 5.75 Å². The minimum Gasteiger partial charge on any atom is -0.495 e. The highest BCUT2D eigenvalue weighted by Gasteiger charge is 2.32. The number of nitrogens with two attached hydrogens (primary N) is 1. The van der Waals surface area contributed by atoms with Gasteiger partial charge in [-0.25, -0.2) is 0 Å². The molecule has 162 valence electrons. The van der Waals surface area contributed by atoms with Gasteiger partial charge in [0.2, 0.25) is 0 Å². The maximum absolute atomic E-state index is 13.1. The number of anilines is 2. The van der Waals surface area contributed by atoms with E-state index in [0.29, 0.717) is 28.2 Å². The van der Waals surface area contributed by atoms with Crippen LogP contribution < -0.4 is 21.1 Å². The molecule has 0 saturated heterocycles. The average molecular weight is 448 g/mol. The van der Waals surface area contributed by atoms with E-state index in [1.165, 1.54) is 30.8 Å². The summed E-state index contributed by atoms with van der Waals surface area (Å²) < 4.78 is 45.8. The van der Waals surface area contributed by atoms with E-state index >= 15 is 0 Å². The molecule has 31 heavy (non-hydrogen) atoms. The molecule has 0 bridgehead atoms. The van der Waals surface area contributed by atoms with Crippen molar-refractivity contribution in [2.45, 2.75) is 10.5 Å². The fraction of sp³-hybridized carbons (Fsp3) is 0.190. The summed E-state index contributed by atoms with van der Waals surface area (Å²) in [6.45, 7) is 0.146. The van der Waals surface area contributed by atoms with Gasteiger partial charge in [-0.2, -0.15) is 13.2 Å². The number of thioether (sulfide) groups is 1. The third-order valence-corrected chi connectivity index (χ3v) is 5.13. The summed E-state index contributed by atoms with van der Waals surface area (Å²) in [5, 5.41) is 5.52. The van der Waals surface area contributed by atoms with Crippen molar-refractivity contribution < 1.29 is 22.7 Å². The first kappa shape index (κ1) is 22.2. The van der Waals surface area contributed by atoms with Gasteiger partial charge in [0.25, 0.3) is 5.91 Å². The molecule has 0 atom stereocenters. The van der Waals surface area contributed by atoms with Gasteiger partial charge in [-0.05, 0) is 36.4 Å². The molecule has 0 aliphatic carbocycles. The first-order valence-electron chi connectivity index (χ1n) is 9.01. The number of benzene rings is 1. The molecule has 10 heteroatoms. The molecule has 1 amide bonds. The van der Waals surface area contributed by atoms with Crippen LogP contribution in [0.3, 0.4) is 0 Å². The lowest BCUT2D eigenvalue weighted by molar-refractivity contribution is -0.0329. The molecule has 3 aromatic rings. The van der Waals surface area contributed by atoms with E-state index in [-0.39, 0.29) is 34.8 Å². The zero-order valence-corrected chi connectivity index (χ0v) is 17.4. The Hall–Kier alpha value is -3.45. The van der Waals surface area contributed by atoms with E-state index in [2.05, 4.69) is 22.5 Å². The second-order valence-electron chi connectivity index (χ2n) is 6.28. The number of nitrogens with zero attached hydrogens (tertiary/aromatic N) is 1. The van der Waals surface area contributed by atoms with E-state index in [1.54, 1.807) is 30.3 Å². The minimum atomic E-state index is -4.46. The summed E-state index contributed by atoms with van der Waals surface area (Å²) in [5.74, 6) is 5.80. The molecule has 2 aromatic heterocycles. The normalized spacial score (nSPS) is 11.0. The van der Waals surface area contributed by atoms with Crippen molar-refractivity contribution in [2.75, 3.05) is 31.8 Å². The van der Waals surface area contributed by atoms with Gasteiger partial charge < -0.3 is 25.5 Å². The quantitative estimate of drug-likeness (QED) is 0.407. The maximum atomic E-state index is 13.1. The van der Waals surface area contributed by atoms with Gasteiger partial charge in [-0.15, -0.1) is 0 Å². The van der Waals surface area contributed by atoms with Gasteiger partial charge in [0.1, 0.15) is 10.8 Å². The summed E-state index contributed by atoms with van der Waals surface area (Å²) in [6, 6.07) is 9.61. The second-order valence-corrected chi connectivity index (χ2v) is 7.33. The smallest absolute Gasteiger partial charge is 0.447 e. The van der Waals surface area contributed by atoms with Crippen LogP contribution in [-0.2, 0) is 0 Å². The van der Waals surface area contributed by atoms with Crippen LogP contribution in [0.4, 0.5) is 24.5 Å². The third-order valence-electron chi connectivity index (χ3n) is 4.29. The summed E-state index contributed by atoms with van der Waals surface area (Å²) in [6.07, 6.45) is 1.52. The van der Waals surface area contributed by atoms with Crippen molar-refractivity contribution in [2.24, 2.45) is 0 Å². The predicted octanol–water partition coefficient (Wildman–Crippen LogP) is 3.97. The molecule has 3 rings (SSSR count). The SMILES string of the molecule is CNC(=O)c1ccc(NCC#Cc2cc3c(N)cccn3c2SC(F)(F)F)c(OC)c1. The number of fused-ring (bicyclic) bond motifs is 1. The number of carbonyl (C=O) groups excluding carboxylic acids is 1. The Morgan fingerprint density at radius 3 is 2.74 bits per heavy atom. The second kappa shape index (κ2) is 9.14. The molecule has 0 fully saturated rings. The number of aromatic nitrogens is 1. The number of pyridine rings is 1. The molecule has 4 N–H and O–H groups in total. The molecule has 1 aromatic carbocycles. The maximum Gasteiger partial charge on any atom is 0.447 e. The Morgan fingerprint density at radius 1 is 1.29 bits per heavy atom. The van der Waals surface area contributed by atoms with Gasteiger partial charge in [0, 0.05) is 30.6 Å². The number of carbonyl (C=O) groups is 1. The number of rotatable bonds is 5. The van der Waals surface area contributed by atoms with E-state index in [0.717, 1.165) is 0 Å². The van der Waals surface area contributed by atoms with Crippen LogP contribution in [0.15, 0.2) is 47.6 Å². The van der Waals surface area contributed by atoms with Crippen molar-refractivity contribution in [1.82, 2.24) is 9.72 Å². The lowest BCUT2D eigenvalue weighted by Gasteiger charge is -2.10. The van der Waals surface area contributed by atoms with Crippen LogP contribution in [0.2, 0.25) is 0 Å². The number of ether oxygens (including phenoxy) is 1. The fourth-order valence-corrected chi connectivity index (χ4v) is 3.60. The third kappa shape index (κ3) is 5.19. The van der Waals surface area contributed by atoms with Gasteiger partial charge in [-0.3, -0.25) is 4.79 Å². The largest absolute Gasteiger partial charge is 0.495 e. The first-order chi connectivity index (χ1) is 14.7. The monoisotopic (exact) mass is 448 g/mol. The lowest BCUT2D eigenvalue weighted by Crippen LogP contribution is -2.17. The molecule has 2 heterocycles. The average Bonchev–Trinajstić information content (AvgIpc) is 3.07. The number of hydrogen-bond donors (Lipinski definition) is 3. The van der Waals surface area contributed by atoms with Gasteiger partial charge >= 0.3 is 5.51 Å². The molecule has 6 nitrogen and oxygen atoms in total. The van der Waals surface area contributed by atoms with Crippen molar-refractivity contribution >= 4 is 34.6 Å². The zero-order chi connectivity index (χ0) is 22.6. The van der Waals surface area contributed by atoms with Crippen LogP contribution in [-0.4, -0.2) is 36.5 Å². The number of halogens is 3. The molecule has 0 radical (unpaired) electrons. The van der Waals surface area contributed by atoms with Crippen LogP contribution in [0.1, 0.15) is 15.9 Å². The highest BCUT2D eigenvalue weighted by Crippen LogP contribution is 2.40. The highest BCUT2D eigenvalue weighted by molar-refractivity contribution is 8.00. The molecule has 0 spiro atoms. The number of nitrogens with one attached hydrogen (secondary N) is 2. The van der Waals surface area contributed by atoms with E-state index in [1.807, 2.05) is 0 Å². The summed E-state index contributed by atoms with van der Waals surface area (Å²) in [7, 11) is 3.00. The molecular formula is C21H19F3N4O2S. The van der Waals surface area contributed by atoms with E-state index in [9.17, 15) is 18.0 Å². The summed E-state index contributed by atoms with van der Waals surface area (Å²) in [5.41, 5.74) is 3.50. The van der Waals surface area contributed by atoms with Crippen molar-refractivity contribution in [1.29, 1.82) is 0 Å². The van der Waals surface area contributed by atoms with Crippen LogP contribution >= 0.6 is 11.8 Å². The van der Waals surface area contributed by atoms with Gasteiger partial charge in [0.15, 0.2) is 0 Å². The van der Waals surface area contributed by atoms with Gasteiger partial charge in [0.05, 0.1) is 36.1 Å². The first-order valence-corrected chi connectivity index (χ1v) is 9.83. The minimum absolute atomic E-state index is 0.0465. The molecule has 0 aliphatic rings. The number of amides is 1. The van der Waals surface area contributed by atoms with Crippen molar-refractivity contribution in [3.8, 4) is 17.6 Å². The Morgan fingerprint density at radius 2 is 2.06 bits per heavy atom.